The van der Waals surface area contributed by atoms with Crippen LogP contribution in [-0.4, -0.2) is 32.1 Å². The number of hydrogen-bond donors (Lipinski definition) is 1. The second kappa shape index (κ2) is 7.67. The molecule has 3 rings (SSSR count). The molecule has 1 saturated carbocycles. The smallest absolute Gasteiger partial charge is 0.151 e. The van der Waals surface area contributed by atoms with Crippen molar-refractivity contribution in [3.8, 4) is 5.75 Å². The molecule has 0 unspecified atom stereocenters. The zero-order chi connectivity index (χ0) is 16.1. The Bertz CT molecular complexity index is 591. The molecule has 1 saturated heterocycles. The lowest BCUT2D eigenvalue weighted by Crippen LogP contribution is -2.39. The van der Waals surface area contributed by atoms with Crippen molar-refractivity contribution in [2.75, 3.05) is 11.5 Å². The fourth-order valence-electron chi connectivity index (χ4n) is 3.51. The standard InChI is InChI=1S/C18H27NO3S/c20-23(21)12-4-5-16(14-23)19-13-15-8-10-18(11-9-15)22-17-6-2-1-3-7-17/h8-11,16-17,19H,1-7,12-14H2/t16-/m0/s1. The van der Waals surface area contributed by atoms with E-state index in [1.165, 1.54) is 37.7 Å². The number of rotatable bonds is 5. The third kappa shape index (κ3) is 5.21. The maximum Gasteiger partial charge on any atom is 0.151 e. The van der Waals surface area contributed by atoms with E-state index in [-0.39, 0.29) is 11.8 Å². The lowest BCUT2D eigenvalue weighted by molar-refractivity contribution is 0.155. The highest BCUT2D eigenvalue weighted by molar-refractivity contribution is 7.91. The summed E-state index contributed by atoms with van der Waals surface area (Å²) in [6.45, 7) is 0.712. The molecule has 1 N–H and O–H groups in total. The van der Waals surface area contributed by atoms with Gasteiger partial charge in [0, 0.05) is 12.6 Å². The minimum atomic E-state index is -2.84. The Morgan fingerprint density at radius 2 is 1.74 bits per heavy atom. The van der Waals surface area contributed by atoms with E-state index in [1.54, 1.807) is 0 Å². The number of benzene rings is 1. The van der Waals surface area contributed by atoms with Crippen LogP contribution in [0.25, 0.3) is 0 Å². The van der Waals surface area contributed by atoms with Gasteiger partial charge in [0.15, 0.2) is 9.84 Å². The van der Waals surface area contributed by atoms with Crippen molar-refractivity contribution in [3.63, 3.8) is 0 Å². The highest BCUT2D eigenvalue weighted by Gasteiger charge is 2.24. The first-order chi connectivity index (χ1) is 11.1. The normalized spacial score (nSPS) is 25.1. The molecule has 0 amide bonds. The van der Waals surface area contributed by atoms with E-state index in [2.05, 4.69) is 17.4 Å². The van der Waals surface area contributed by atoms with Crippen molar-refractivity contribution in [2.24, 2.45) is 0 Å². The van der Waals surface area contributed by atoms with Gasteiger partial charge in [0.1, 0.15) is 5.75 Å². The first-order valence-electron chi connectivity index (χ1n) is 8.80. The van der Waals surface area contributed by atoms with Crippen LogP contribution >= 0.6 is 0 Å². The average Bonchev–Trinajstić information content (AvgIpc) is 2.54. The molecular weight excluding hydrogens is 310 g/mol. The van der Waals surface area contributed by atoms with Gasteiger partial charge in [0.25, 0.3) is 0 Å². The third-order valence-electron chi connectivity index (χ3n) is 4.84. The summed E-state index contributed by atoms with van der Waals surface area (Å²) in [7, 11) is -2.84. The quantitative estimate of drug-likeness (QED) is 0.897. The number of nitrogens with one attached hydrogen (secondary N) is 1. The number of sulfone groups is 1. The molecule has 5 heteroatoms. The van der Waals surface area contributed by atoms with Crippen molar-refractivity contribution in [1.82, 2.24) is 5.32 Å². The molecule has 1 heterocycles. The summed E-state index contributed by atoms with van der Waals surface area (Å²) in [5.74, 6) is 1.56. The van der Waals surface area contributed by atoms with Crippen LogP contribution in [0.15, 0.2) is 24.3 Å². The van der Waals surface area contributed by atoms with Gasteiger partial charge in [0.05, 0.1) is 17.6 Å². The monoisotopic (exact) mass is 337 g/mol. The fraction of sp³-hybridized carbons (Fsp3) is 0.667. The van der Waals surface area contributed by atoms with Gasteiger partial charge in [-0.25, -0.2) is 8.42 Å². The Kier molecular flexibility index (Phi) is 5.59. The molecule has 0 aromatic heterocycles. The van der Waals surface area contributed by atoms with Crippen molar-refractivity contribution in [2.45, 2.75) is 63.6 Å². The Labute approximate surface area is 139 Å². The molecule has 2 fully saturated rings. The topological polar surface area (TPSA) is 55.4 Å². The fourth-order valence-corrected chi connectivity index (χ4v) is 5.18. The number of ether oxygens (including phenoxy) is 1. The lowest BCUT2D eigenvalue weighted by atomic mass is 9.98. The van der Waals surface area contributed by atoms with E-state index in [0.29, 0.717) is 18.4 Å². The molecule has 0 radical (unpaired) electrons. The summed E-state index contributed by atoms with van der Waals surface area (Å²) in [6.07, 6.45) is 8.31. The highest BCUT2D eigenvalue weighted by atomic mass is 32.2. The summed E-state index contributed by atoms with van der Waals surface area (Å²) < 4.78 is 29.3. The largest absolute Gasteiger partial charge is 0.490 e. The molecule has 2 aliphatic rings. The first kappa shape index (κ1) is 16.8. The van der Waals surface area contributed by atoms with Gasteiger partial charge in [-0.05, 0) is 56.2 Å². The molecule has 0 spiro atoms. The predicted molar refractivity (Wildman–Crippen MR) is 92.5 cm³/mol. The minimum Gasteiger partial charge on any atom is -0.490 e. The van der Waals surface area contributed by atoms with Crippen molar-refractivity contribution in [3.05, 3.63) is 29.8 Å². The molecule has 1 aromatic carbocycles. The second-order valence-corrected chi connectivity index (χ2v) is 9.08. The molecule has 1 aliphatic heterocycles. The molecular formula is C18H27NO3S. The maximum atomic E-state index is 11.6. The molecule has 23 heavy (non-hydrogen) atoms. The van der Waals surface area contributed by atoms with Crippen LogP contribution in [0.4, 0.5) is 0 Å². The van der Waals surface area contributed by atoms with Gasteiger partial charge in [-0.1, -0.05) is 18.6 Å². The van der Waals surface area contributed by atoms with Crippen LogP contribution in [0.3, 0.4) is 0 Å². The van der Waals surface area contributed by atoms with Crippen molar-refractivity contribution >= 4 is 9.84 Å². The van der Waals surface area contributed by atoms with Crippen LogP contribution in [0.2, 0.25) is 0 Å². The van der Waals surface area contributed by atoms with Crippen LogP contribution in [-0.2, 0) is 16.4 Å². The second-order valence-electron chi connectivity index (χ2n) is 6.86. The summed E-state index contributed by atoms with van der Waals surface area (Å²) in [6, 6.07) is 8.30. The minimum absolute atomic E-state index is 0.0897. The van der Waals surface area contributed by atoms with Crippen molar-refractivity contribution in [1.29, 1.82) is 0 Å². The molecule has 0 bridgehead atoms. The zero-order valence-electron chi connectivity index (χ0n) is 13.7. The van der Waals surface area contributed by atoms with Gasteiger partial charge in [-0.2, -0.15) is 0 Å². The van der Waals surface area contributed by atoms with Crippen LogP contribution < -0.4 is 10.1 Å². The molecule has 1 aromatic rings. The van der Waals surface area contributed by atoms with Crippen LogP contribution in [0, 0.1) is 0 Å². The summed E-state index contributed by atoms with van der Waals surface area (Å²) in [5.41, 5.74) is 1.17. The van der Waals surface area contributed by atoms with Gasteiger partial charge in [-0.15, -0.1) is 0 Å². The molecule has 1 aliphatic carbocycles. The van der Waals surface area contributed by atoms with E-state index in [4.69, 9.17) is 4.74 Å². The summed E-state index contributed by atoms with van der Waals surface area (Å²) >= 11 is 0. The maximum absolute atomic E-state index is 11.6. The Morgan fingerprint density at radius 3 is 2.43 bits per heavy atom. The van der Waals surface area contributed by atoms with E-state index in [9.17, 15) is 8.42 Å². The van der Waals surface area contributed by atoms with E-state index < -0.39 is 9.84 Å². The first-order valence-corrected chi connectivity index (χ1v) is 10.6. The van der Waals surface area contributed by atoms with E-state index in [1.807, 2.05) is 12.1 Å². The number of hydrogen-bond acceptors (Lipinski definition) is 4. The Hall–Kier alpha value is -1.07. The van der Waals surface area contributed by atoms with E-state index >= 15 is 0 Å². The van der Waals surface area contributed by atoms with Gasteiger partial charge in [-0.3, -0.25) is 0 Å². The predicted octanol–water partition coefficient (Wildman–Crippen LogP) is 3.06. The Balaban J connectivity index is 1.47. The summed E-state index contributed by atoms with van der Waals surface area (Å²) in [4.78, 5) is 0. The van der Waals surface area contributed by atoms with Crippen LogP contribution in [0.1, 0.15) is 50.5 Å². The molecule has 4 nitrogen and oxygen atoms in total. The van der Waals surface area contributed by atoms with Crippen molar-refractivity contribution < 1.29 is 13.2 Å². The molecule has 1 atom stereocenters. The highest BCUT2D eigenvalue weighted by Crippen LogP contribution is 2.23. The SMILES string of the molecule is O=S1(=O)CCC[C@H](NCc2ccc(OC3CCCCC3)cc2)C1. The summed E-state index contributed by atoms with van der Waals surface area (Å²) in [5, 5.41) is 3.37. The van der Waals surface area contributed by atoms with Gasteiger partial charge >= 0.3 is 0 Å². The average molecular weight is 337 g/mol. The zero-order valence-corrected chi connectivity index (χ0v) is 14.5. The van der Waals surface area contributed by atoms with Gasteiger partial charge < -0.3 is 10.1 Å². The Morgan fingerprint density at radius 1 is 1.00 bits per heavy atom. The molecule has 128 valence electrons. The van der Waals surface area contributed by atoms with Crippen LogP contribution in [0.5, 0.6) is 5.75 Å². The third-order valence-corrected chi connectivity index (χ3v) is 6.66. The van der Waals surface area contributed by atoms with Gasteiger partial charge in [0.2, 0.25) is 0 Å². The lowest BCUT2D eigenvalue weighted by Gasteiger charge is -2.24. The van der Waals surface area contributed by atoms with E-state index in [0.717, 1.165) is 18.6 Å².